The zero-order chi connectivity index (χ0) is 23.0. The number of carbonyl (C=O) groups is 1. The zero-order valence-electron chi connectivity index (χ0n) is 17.5. The molecule has 31 heavy (non-hydrogen) atoms. The fourth-order valence-corrected chi connectivity index (χ4v) is 3.83. The van der Waals surface area contributed by atoms with Crippen LogP contribution >= 0.6 is 0 Å². The van der Waals surface area contributed by atoms with Gasteiger partial charge in [0.2, 0.25) is 0 Å². The van der Waals surface area contributed by atoms with Crippen LogP contribution < -0.4 is 4.72 Å². The second-order valence-electron chi connectivity index (χ2n) is 6.67. The molecule has 0 bridgehead atoms. The van der Waals surface area contributed by atoms with Crippen molar-refractivity contribution in [3.05, 3.63) is 63.7 Å². The molecule has 0 saturated carbocycles. The van der Waals surface area contributed by atoms with Crippen molar-refractivity contribution < 1.29 is 27.6 Å². The Kier molecular flexibility index (Phi) is 8.48. The number of amides is 1. The molecule has 0 atom stereocenters. The van der Waals surface area contributed by atoms with Gasteiger partial charge in [0, 0.05) is 50.2 Å². The summed E-state index contributed by atoms with van der Waals surface area (Å²) in [6, 6.07) is 9.61. The number of nitro benzene ring substituents is 1. The number of aryl methyl sites for hydroxylation is 1. The molecule has 0 saturated heterocycles. The van der Waals surface area contributed by atoms with Crippen LogP contribution in [0.5, 0.6) is 0 Å². The highest BCUT2D eigenvalue weighted by atomic mass is 32.2. The van der Waals surface area contributed by atoms with Crippen molar-refractivity contribution >= 4 is 27.3 Å². The van der Waals surface area contributed by atoms with Crippen LogP contribution in [0, 0.1) is 17.0 Å². The predicted octanol–water partition coefficient (Wildman–Crippen LogP) is 2.44. The normalized spacial score (nSPS) is 11.2. The van der Waals surface area contributed by atoms with Gasteiger partial charge in [-0.3, -0.25) is 19.6 Å². The van der Waals surface area contributed by atoms with Crippen molar-refractivity contribution in [1.29, 1.82) is 0 Å². The van der Waals surface area contributed by atoms with Gasteiger partial charge in [-0.1, -0.05) is 6.07 Å². The third-order valence-electron chi connectivity index (χ3n) is 4.49. The predicted molar refractivity (Wildman–Crippen MR) is 115 cm³/mol. The summed E-state index contributed by atoms with van der Waals surface area (Å²) < 4.78 is 37.7. The number of rotatable bonds is 11. The van der Waals surface area contributed by atoms with Crippen molar-refractivity contribution in [3.63, 3.8) is 0 Å². The number of benzene rings is 2. The van der Waals surface area contributed by atoms with E-state index in [1.165, 1.54) is 43.3 Å². The van der Waals surface area contributed by atoms with Crippen molar-refractivity contribution in [2.75, 3.05) is 45.2 Å². The van der Waals surface area contributed by atoms with E-state index in [1.807, 2.05) is 0 Å². The Morgan fingerprint density at radius 1 is 1.06 bits per heavy atom. The van der Waals surface area contributed by atoms with E-state index in [-0.39, 0.29) is 22.2 Å². The van der Waals surface area contributed by atoms with Crippen LogP contribution in [0.3, 0.4) is 0 Å². The van der Waals surface area contributed by atoms with E-state index in [2.05, 4.69) is 4.72 Å². The monoisotopic (exact) mass is 451 g/mol. The molecular weight excluding hydrogens is 426 g/mol. The molecule has 0 aliphatic rings. The Morgan fingerprint density at radius 2 is 1.65 bits per heavy atom. The summed E-state index contributed by atoms with van der Waals surface area (Å²) in [4.78, 5) is 24.5. The number of sulfonamides is 1. The number of anilines is 1. The number of nitro groups is 1. The van der Waals surface area contributed by atoms with Crippen LogP contribution in [0.15, 0.2) is 47.4 Å². The summed E-state index contributed by atoms with van der Waals surface area (Å²) >= 11 is 0. The maximum atomic E-state index is 12.7. The lowest BCUT2D eigenvalue weighted by Gasteiger charge is -2.22. The fourth-order valence-electron chi connectivity index (χ4n) is 2.75. The Hall–Kier alpha value is -3.02. The molecule has 2 rings (SSSR count). The first-order valence-corrected chi connectivity index (χ1v) is 10.8. The topological polar surface area (TPSA) is 128 Å². The van der Waals surface area contributed by atoms with Gasteiger partial charge in [0.25, 0.3) is 21.6 Å². The van der Waals surface area contributed by atoms with Gasteiger partial charge in [-0.2, -0.15) is 0 Å². The molecule has 0 heterocycles. The summed E-state index contributed by atoms with van der Waals surface area (Å²) in [5.74, 6) is -0.238. The number of hydrogen-bond acceptors (Lipinski definition) is 7. The largest absolute Gasteiger partial charge is 0.383 e. The van der Waals surface area contributed by atoms with Crippen molar-refractivity contribution in [3.8, 4) is 0 Å². The van der Waals surface area contributed by atoms with Crippen LogP contribution in [0.4, 0.5) is 11.4 Å². The molecule has 0 spiro atoms. The van der Waals surface area contributed by atoms with Crippen LogP contribution in [0.1, 0.15) is 15.9 Å². The average Bonchev–Trinajstić information content (AvgIpc) is 2.73. The molecule has 2 aromatic rings. The number of nitrogens with one attached hydrogen (secondary N) is 1. The standard InChI is InChI=1S/C20H25N3O7S/c1-15-4-9-18(14-19(15)23(25)26)31(27,28)21-17-7-5-16(6-8-17)20(24)22(10-12-29-2)11-13-30-3/h4-9,14,21H,10-13H2,1-3H3. The van der Waals surface area contributed by atoms with E-state index in [9.17, 15) is 23.3 Å². The Balaban J connectivity index is 2.18. The highest BCUT2D eigenvalue weighted by molar-refractivity contribution is 7.92. The first-order chi connectivity index (χ1) is 14.7. The van der Waals surface area contributed by atoms with Crippen molar-refractivity contribution in [2.45, 2.75) is 11.8 Å². The van der Waals surface area contributed by atoms with E-state index < -0.39 is 14.9 Å². The molecule has 168 valence electrons. The molecule has 11 heteroatoms. The summed E-state index contributed by atoms with van der Waals surface area (Å²) in [7, 11) is -0.954. The van der Waals surface area contributed by atoms with Crippen LogP contribution in [0.2, 0.25) is 0 Å². The van der Waals surface area contributed by atoms with Gasteiger partial charge >= 0.3 is 0 Å². The van der Waals surface area contributed by atoms with Gasteiger partial charge in [-0.25, -0.2) is 8.42 Å². The van der Waals surface area contributed by atoms with Gasteiger partial charge in [0.05, 0.1) is 23.0 Å². The molecule has 0 aromatic heterocycles. The van der Waals surface area contributed by atoms with Gasteiger partial charge in [-0.05, 0) is 37.3 Å². The molecule has 0 radical (unpaired) electrons. The van der Waals surface area contributed by atoms with E-state index in [1.54, 1.807) is 19.1 Å². The highest BCUT2D eigenvalue weighted by Gasteiger charge is 2.20. The van der Waals surface area contributed by atoms with E-state index in [4.69, 9.17) is 9.47 Å². The van der Waals surface area contributed by atoms with Gasteiger partial charge in [-0.15, -0.1) is 0 Å². The lowest BCUT2D eigenvalue weighted by Crippen LogP contribution is -2.36. The first kappa shape index (κ1) is 24.3. The zero-order valence-corrected chi connectivity index (χ0v) is 18.3. The first-order valence-electron chi connectivity index (χ1n) is 9.34. The van der Waals surface area contributed by atoms with Gasteiger partial charge in [0.15, 0.2) is 0 Å². The van der Waals surface area contributed by atoms with Crippen molar-refractivity contribution in [1.82, 2.24) is 4.90 Å². The second-order valence-corrected chi connectivity index (χ2v) is 8.35. The average molecular weight is 452 g/mol. The van der Waals surface area contributed by atoms with Gasteiger partial charge < -0.3 is 14.4 Å². The lowest BCUT2D eigenvalue weighted by molar-refractivity contribution is -0.385. The minimum absolute atomic E-state index is 0.222. The van der Waals surface area contributed by atoms with Crippen LogP contribution in [-0.4, -0.2) is 64.7 Å². The molecule has 0 aliphatic carbocycles. The van der Waals surface area contributed by atoms with E-state index >= 15 is 0 Å². The number of nitrogens with zero attached hydrogens (tertiary/aromatic N) is 2. The maximum Gasteiger partial charge on any atom is 0.273 e. The number of carbonyl (C=O) groups excluding carboxylic acids is 1. The molecule has 0 fully saturated rings. The number of ether oxygens (including phenoxy) is 2. The number of hydrogen-bond donors (Lipinski definition) is 1. The second kappa shape index (κ2) is 10.8. The Labute approximate surface area is 181 Å². The number of methoxy groups -OCH3 is 2. The molecule has 0 aliphatic heterocycles. The third-order valence-corrected chi connectivity index (χ3v) is 5.87. The summed E-state index contributed by atoms with van der Waals surface area (Å²) in [6.07, 6.45) is 0. The summed E-state index contributed by atoms with van der Waals surface area (Å²) in [6.45, 7) is 3.05. The van der Waals surface area contributed by atoms with E-state index in [0.29, 0.717) is 37.4 Å². The molecule has 10 nitrogen and oxygen atoms in total. The Bertz CT molecular complexity index is 1020. The summed E-state index contributed by atoms with van der Waals surface area (Å²) in [5, 5.41) is 11.1. The minimum atomic E-state index is -4.04. The maximum absolute atomic E-state index is 12.7. The fraction of sp³-hybridized carbons (Fsp3) is 0.350. The van der Waals surface area contributed by atoms with Crippen molar-refractivity contribution in [2.24, 2.45) is 0 Å². The molecule has 1 amide bonds. The lowest BCUT2D eigenvalue weighted by atomic mass is 10.2. The SMILES string of the molecule is COCCN(CCOC)C(=O)c1ccc(NS(=O)(=O)c2ccc(C)c([N+](=O)[O-])c2)cc1. The Morgan fingerprint density at radius 3 is 2.16 bits per heavy atom. The summed E-state index contributed by atoms with van der Waals surface area (Å²) in [5.41, 5.74) is 0.676. The van der Waals surface area contributed by atoms with Gasteiger partial charge in [0.1, 0.15) is 0 Å². The smallest absolute Gasteiger partial charge is 0.273 e. The highest BCUT2D eigenvalue weighted by Crippen LogP contribution is 2.24. The van der Waals surface area contributed by atoms with E-state index in [0.717, 1.165) is 6.07 Å². The molecular formula is C20H25N3O7S. The molecule has 1 N–H and O–H groups in total. The quantitative estimate of drug-likeness (QED) is 0.410. The van der Waals surface area contributed by atoms with Crippen LogP contribution in [0.25, 0.3) is 0 Å². The third kappa shape index (κ3) is 6.48. The van der Waals surface area contributed by atoms with Crippen LogP contribution in [-0.2, 0) is 19.5 Å². The molecule has 2 aromatic carbocycles. The minimum Gasteiger partial charge on any atom is -0.383 e. The molecule has 0 unspecified atom stereocenters.